The normalized spacial score (nSPS) is 14.9. The van der Waals surface area contributed by atoms with E-state index in [9.17, 15) is 9.59 Å². The first-order chi connectivity index (χ1) is 12.4. The first-order valence-corrected chi connectivity index (χ1v) is 9.94. The van der Waals surface area contributed by atoms with Crippen LogP contribution >= 0.6 is 11.3 Å². The fourth-order valence-electron chi connectivity index (χ4n) is 2.87. The highest BCUT2D eigenvalue weighted by Gasteiger charge is 2.27. The standard InChI is InChI=1S/C20H25N3O2S/c1-12(2)10-16(21-18(24)15-7-5-4-6-13(15)3)19(25)23-20-22-17(11-26-20)14-8-9-14/h4-7,11-12,14,16H,8-10H2,1-3H3,(H,21,24)(H,22,23,25). The Morgan fingerprint density at radius 3 is 2.65 bits per heavy atom. The Hall–Kier alpha value is -2.21. The van der Waals surface area contributed by atoms with Gasteiger partial charge in [-0.2, -0.15) is 0 Å². The molecule has 1 saturated carbocycles. The van der Waals surface area contributed by atoms with Crippen LogP contribution in [0.25, 0.3) is 0 Å². The van der Waals surface area contributed by atoms with E-state index in [1.807, 2.05) is 44.4 Å². The van der Waals surface area contributed by atoms with Gasteiger partial charge in [0.25, 0.3) is 5.91 Å². The number of nitrogens with one attached hydrogen (secondary N) is 2. The molecule has 1 aliphatic rings. The number of benzene rings is 1. The topological polar surface area (TPSA) is 71.1 Å². The summed E-state index contributed by atoms with van der Waals surface area (Å²) in [5.41, 5.74) is 2.55. The Kier molecular flexibility index (Phi) is 5.71. The number of aromatic nitrogens is 1. The van der Waals surface area contributed by atoms with E-state index in [1.165, 1.54) is 24.2 Å². The highest BCUT2D eigenvalue weighted by Crippen LogP contribution is 2.40. The fourth-order valence-corrected chi connectivity index (χ4v) is 3.66. The number of rotatable bonds is 7. The third-order valence-corrected chi connectivity index (χ3v) is 5.24. The molecule has 3 rings (SSSR count). The Labute approximate surface area is 158 Å². The van der Waals surface area contributed by atoms with Crippen molar-refractivity contribution in [3.63, 3.8) is 0 Å². The van der Waals surface area contributed by atoms with Crippen LogP contribution in [0.15, 0.2) is 29.6 Å². The van der Waals surface area contributed by atoms with Crippen molar-refractivity contribution in [2.45, 2.75) is 52.0 Å². The van der Waals surface area contributed by atoms with Crippen LogP contribution in [0.3, 0.4) is 0 Å². The van der Waals surface area contributed by atoms with Crippen molar-refractivity contribution in [2.75, 3.05) is 5.32 Å². The van der Waals surface area contributed by atoms with Gasteiger partial charge in [-0.25, -0.2) is 4.98 Å². The molecule has 1 fully saturated rings. The van der Waals surface area contributed by atoms with Crippen LogP contribution in [0.1, 0.15) is 60.6 Å². The van der Waals surface area contributed by atoms with E-state index >= 15 is 0 Å². The maximum atomic E-state index is 12.7. The first-order valence-electron chi connectivity index (χ1n) is 9.07. The van der Waals surface area contributed by atoms with Crippen LogP contribution in [-0.2, 0) is 4.79 Å². The third kappa shape index (κ3) is 4.69. The van der Waals surface area contributed by atoms with Gasteiger partial charge < -0.3 is 10.6 Å². The molecule has 0 radical (unpaired) electrons. The number of carbonyl (C=O) groups excluding carboxylic acids is 2. The summed E-state index contributed by atoms with van der Waals surface area (Å²) in [6.07, 6.45) is 2.93. The molecule has 5 nitrogen and oxygen atoms in total. The predicted molar refractivity (Wildman–Crippen MR) is 105 cm³/mol. The quantitative estimate of drug-likeness (QED) is 0.769. The van der Waals surface area contributed by atoms with Crippen LogP contribution in [0, 0.1) is 12.8 Å². The molecule has 1 unspecified atom stereocenters. The number of hydrogen-bond acceptors (Lipinski definition) is 4. The minimum atomic E-state index is -0.588. The van der Waals surface area contributed by atoms with Crippen molar-refractivity contribution in [3.05, 3.63) is 46.5 Å². The molecule has 2 amide bonds. The predicted octanol–water partition coefficient (Wildman–Crippen LogP) is 4.11. The largest absolute Gasteiger partial charge is 0.340 e. The maximum absolute atomic E-state index is 12.7. The molecule has 0 aliphatic heterocycles. The van der Waals surface area contributed by atoms with Crippen LogP contribution in [-0.4, -0.2) is 22.8 Å². The SMILES string of the molecule is Cc1ccccc1C(=O)NC(CC(C)C)C(=O)Nc1nc(C2CC2)cs1. The number of carbonyl (C=O) groups is 2. The maximum Gasteiger partial charge on any atom is 0.252 e. The fraction of sp³-hybridized carbons (Fsp3) is 0.450. The van der Waals surface area contributed by atoms with E-state index in [0.29, 0.717) is 23.0 Å². The number of nitrogens with zero attached hydrogens (tertiary/aromatic N) is 1. The molecule has 0 spiro atoms. The van der Waals surface area contributed by atoms with Crippen LogP contribution < -0.4 is 10.6 Å². The molecule has 0 saturated heterocycles. The van der Waals surface area contributed by atoms with Crippen LogP contribution in [0.5, 0.6) is 0 Å². The monoisotopic (exact) mass is 371 g/mol. The van der Waals surface area contributed by atoms with Gasteiger partial charge in [-0.1, -0.05) is 32.0 Å². The van der Waals surface area contributed by atoms with E-state index in [-0.39, 0.29) is 17.7 Å². The second kappa shape index (κ2) is 7.99. The van der Waals surface area contributed by atoms with E-state index in [0.717, 1.165) is 11.3 Å². The number of aryl methyl sites for hydroxylation is 1. The lowest BCUT2D eigenvalue weighted by Crippen LogP contribution is -2.44. The summed E-state index contributed by atoms with van der Waals surface area (Å²) in [5, 5.41) is 8.39. The highest BCUT2D eigenvalue weighted by atomic mass is 32.1. The summed E-state index contributed by atoms with van der Waals surface area (Å²) in [6.45, 7) is 5.96. The molecule has 1 heterocycles. The molecular formula is C20H25N3O2S. The molecule has 0 bridgehead atoms. The van der Waals surface area contributed by atoms with E-state index in [1.54, 1.807) is 6.07 Å². The van der Waals surface area contributed by atoms with Gasteiger partial charge in [-0.3, -0.25) is 9.59 Å². The van der Waals surface area contributed by atoms with Crippen LogP contribution in [0.4, 0.5) is 5.13 Å². The van der Waals surface area contributed by atoms with Crippen molar-refractivity contribution >= 4 is 28.3 Å². The Bertz CT molecular complexity index is 796. The summed E-state index contributed by atoms with van der Waals surface area (Å²) in [4.78, 5) is 29.8. The lowest BCUT2D eigenvalue weighted by molar-refractivity contribution is -0.118. The second-order valence-electron chi connectivity index (χ2n) is 7.31. The zero-order valence-electron chi connectivity index (χ0n) is 15.4. The van der Waals surface area contributed by atoms with Gasteiger partial charge in [-0.05, 0) is 43.7 Å². The Morgan fingerprint density at radius 1 is 1.27 bits per heavy atom. The van der Waals surface area contributed by atoms with Crippen LogP contribution in [0.2, 0.25) is 0 Å². The average molecular weight is 372 g/mol. The second-order valence-corrected chi connectivity index (χ2v) is 8.17. The molecule has 1 aromatic heterocycles. The van der Waals surface area contributed by atoms with Crippen molar-refractivity contribution in [1.82, 2.24) is 10.3 Å². The number of amides is 2. The number of anilines is 1. The zero-order chi connectivity index (χ0) is 18.7. The van der Waals surface area contributed by atoms with Gasteiger partial charge in [0.05, 0.1) is 5.69 Å². The summed E-state index contributed by atoms with van der Waals surface area (Å²) in [5.74, 6) is 0.407. The zero-order valence-corrected chi connectivity index (χ0v) is 16.2. The molecule has 1 aliphatic carbocycles. The van der Waals surface area contributed by atoms with Crippen molar-refractivity contribution in [2.24, 2.45) is 5.92 Å². The van der Waals surface area contributed by atoms with Gasteiger partial charge in [0, 0.05) is 16.9 Å². The van der Waals surface area contributed by atoms with Gasteiger partial charge in [0.2, 0.25) is 5.91 Å². The van der Waals surface area contributed by atoms with Crippen molar-refractivity contribution in [1.29, 1.82) is 0 Å². The molecule has 26 heavy (non-hydrogen) atoms. The van der Waals surface area contributed by atoms with Crippen molar-refractivity contribution < 1.29 is 9.59 Å². The summed E-state index contributed by atoms with van der Waals surface area (Å²) >= 11 is 1.44. The minimum absolute atomic E-state index is 0.211. The van der Waals surface area contributed by atoms with E-state index in [2.05, 4.69) is 15.6 Å². The molecule has 2 N–H and O–H groups in total. The number of thiazole rings is 1. The average Bonchev–Trinajstić information content (AvgIpc) is 3.34. The molecule has 6 heteroatoms. The van der Waals surface area contributed by atoms with Gasteiger partial charge >= 0.3 is 0 Å². The minimum Gasteiger partial charge on any atom is -0.340 e. The number of hydrogen-bond donors (Lipinski definition) is 2. The summed E-state index contributed by atoms with van der Waals surface area (Å²) in [6, 6.07) is 6.80. The highest BCUT2D eigenvalue weighted by molar-refractivity contribution is 7.13. The smallest absolute Gasteiger partial charge is 0.252 e. The van der Waals surface area contributed by atoms with Gasteiger partial charge in [-0.15, -0.1) is 11.3 Å². The lowest BCUT2D eigenvalue weighted by atomic mass is 10.0. The van der Waals surface area contributed by atoms with Gasteiger partial charge in [0.15, 0.2) is 5.13 Å². The summed E-state index contributed by atoms with van der Waals surface area (Å²) in [7, 11) is 0. The molecule has 138 valence electrons. The lowest BCUT2D eigenvalue weighted by Gasteiger charge is -2.20. The summed E-state index contributed by atoms with van der Waals surface area (Å²) < 4.78 is 0. The Morgan fingerprint density at radius 2 is 2.00 bits per heavy atom. The Balaban J connectivity index is 1.68. The molecule has 1 atom stereocenters. The van der Waals surface area contributed by atoms with Crippen molar-refractivity contribution in [3.8, 4) is 0 Å². The first kappa shape index (κ1) is 18.6. The van der Waals surface area contributed by atoms with E-state index < -0.39 is 6.04 Å². The molecular weight excluding hydrogens is 346 g/mol. The van der Waals surface area contributed by atoms with Gasteiger partial charge in [0.1, 0.15) is 6.04 Å². The van der Waals surface area contributed by atoms with E-state index in [4.69, 9.17) is 0 Å². The molecule has 2 aromatic rings. The third-order valence-electron chi connectivity index (χ3n) is 4.47. The molecule has 1 aromatic carbocycles.